The zero-order valence-corrected chi connectivity index (χ0v) is 7.36. The monoisotopic (exact) mass is 180 g/mol. The Balaban J connectivity index is 2.14. The van der Waals surface area contributed by atoms with Gasteiger partial charge >= 0.3 is 0 Å². The summed E-state index contributed by atoms with van der Waals surface area (Å²) >= 11 is 0. The Bertz CT molecular complexity index is 243. The fourth-order valence-electron chi connectivity index (χ4n) is 1.06. The highest BCUT2D eigenvalue weighted by atomic mass is 16.5. The van der Waals surface area contributed by atoms with Crippen LogP contribution in [0.15, 0.2) is 5.11 Å². The second-order valence-corrected chi connectivity index (χ2v) is 2.64. The van der Waals surface area contributed by atoms with Gasteiger partial charge in [-0.1, -0.05) is 11.0 Å². The first-order chi connectivity index (χ1) is 6.43. The van der Waals surface area contributed by atoms with E-state index in [9.17, 15) is 0 Å². The highest BCUT2D eigenvalue weighted by Gasteiger charge is 2.10. The van der Waals surface area contributed by atoms with Crippen LogP contribution in [0, 0.1) is 11.8 Å². The topological polar surface area (TPSA) is 70.0 Å². The molecular formula is C8H12N4O. The molecule has 13 heavy (non-hydrogen) atoms. The van der Waals surface area contributed by atoms with E-state index in [0.717, 1.165) is 19.7 Å². The van der Waals surface area contributed by atoms with Crippen molar-refractivity contribution in [3.05, 3.63) is 10.4 Å². The molecule has 1 rings (SSSR count). The van der Waals surface area contributed by atoms with Crippen LogP contribution >= 0.6 is 0 Å². The molecule has 1 unspecified atom stereocenters. The summed E-state index contributed by atoms with van der Waals surface area (Å²) in [7, 11) is 0. The maximum Gasteiger partial charge on any atom is 0.0876 e. The van der Waals surface area contributed by atoms with Gasteiger partial charge in [-0.3, -0.25) is 0 Å². The molecule has 0 aromatic heterocycles. The van der Waals surface area contributed by atoms with Gasteiger partial charge in [0.1, 0.15) is 0 Å². The minimum Gasteiger partial charge on any atom is -0.375 e. The zero-order valence-electron chi connectivity index (χ0n) is 7.36. The minimum absolute atomic E-state index is 0.187. The van der Waals surface area contributed by atoms with Crippen molar-refractivity contribution in [1.82, 2.24) is 5.32 Å². The van der Waals surface area contributed by atoms with E-state index in [1.165, 1.54) is 0 Å². The van der Waals surface area contributed by atoms with E-state index in [1.807, 2.05) is 0 Å². The van der Waals surface area contributed by atoms with Crippen LogP contribution in [0.4, 0.5) is 0 Å². The van der Waals surface area contributed by atoms with Crippen molar-refractivity contribution in [2.24, 2.45) is 5.11 Å². The van der Waals surface area contributed by atoms with Crippen LogP contribution in [-0.4, -0.2) is 32.3 Å². The van der Waals surface area contributed by atoms with Gasteiger partial charge in [0.25, 0.3) is 0 Å². The SMILES string of the molecule is [N-]=[N+]=NCC#CCC1CNCCO1. The molecule has 0 aliphatic carbocycles. The number of hydrogen-bond acceptors (Lipinski definition) is 3. The number of hydrogen-bond donors (Lipinski definition) is 1. The van der Waals surface area contributed by atoms with Crippen molar-refractivity contribution in [3.8, 4) is 11.8 Å². The summed E-state index contributed by atoms with van der Waals surface area (Å²) in [5, 5.41) is 6.52. The molecule has 1 heterocycles. The fraction of sp³-hybridized carbons (Fsp3) is 0.750. The average Bonchev–Trinajstić information content (AvgIpc) is 2.19. The Labute approximate surface area is 77.1 Å². The van der Waals surface area contributed by atoms with Gasteiger partial charge in [0, 0.05) is 24.4 Å². The Kier molecular flexibility index (Phi) is 4.80. The number of nitrogens with one attached hydrogen (secondary N) is 1. The molecule has 1 aliphatic heterocycles. The van der Waals surface area contributed by atoms with E-state index >= 15 is 0 Å². The standard InChI is InChI=1S/C8H12N4O/c9-12-11-4-2-1-3-8-7-10-5-6-13-8/h8,10H,3-7H2. The molecule has 0 radical (unpaired) electrons. The quantitative estimate of drug-likeness (QED) is 0.294. The molecule has 1 aliphatic rings. The largest absolute Gasteiger partial charge is 0.375 e. The predicted molar refractivity (Wildman–Crippen MR) is 49.0 cm³/mol. The summed E-state index contributed by atoms with van der Waals surface area (Å²) < 4.78 is 5.42. The van der Waals surface area contributed by atoms with Crippen LogP contribution in [0.2, 0.25) is 0 Å². The van der Waals surface area contributed by atoms with Gasteiger partial charge in [0.15, 0.2) is 0 Å². The van der Waals surface area contributed by atoms with Gasteiger partial charge in [0.05, 0.1) is 19.3 Å². The number of morpholine rings is 1. The fourth-order valence-corrected chi connectivity index (χ4v) is 1.06. The summed E-state index contributed by atoms with van der Waals surface area (Å²) in [5.74, 6) is 5.67. The van der Waals surface area contributed by atoms with E-state index in [1.54, 1.807) is 0 Å². The van der Waals surface area contributed by atoms with E-state index < -0.39 is 0 Å². The first-order valence-corrected chi connectivity index (χ1v) is 4.22. The summed E-state index contributed by atoms with van der Waals surface area (Å²) in [4.78, 5) is 2.60. The molecule has 1 fully saturated rings. The van der Waals surface area contributed by atoms with E-state index in [0.29, 0.717) is 6.42 Å². The minimum atomic E-state index is 0.187. The Hall–Kier alpha value is -1.21. The molecule has 5 nitrogen and oxygen atoms in total. The van der Waals surface area contributed by atoms with Gasteiger partial charge in [-0.2, -0.15) is 0 Å². The van der Waals surface area contributed by atoms with Crippen molar-refractivity contribution in [3.63, 3.8) is 0 Å². The van der Waals surface area contributed by atoms with Crippen LogP contribution in [0.5, 0.6) is 0 Å². The summed E-state index contributed by atoms with van der Waals surface area (Å²) in [6, 6.07) is 0. The van der Waals surface area contributed by atoms with Gasteiger partial charge in [0.2, 0.25) is 0 Å². The lowest BCUT2D eigenvalue weighted by molar-refractivity contribution is 0.0322. The van der Waals surface area contributed by atoms with Crippen LogP contribution < -0.4 is 5.32 Å². The van der Waals surface area contributed by atoms with E-state index in [4.69, 9.17) is 10.3 Å². The summed E-state index contributed by atoms with van der Waals surface area (Å²) in [5.41, 5.74) is 7.97. The van der Waals surface area contributed by atoms with Gasteiger partial charge < -0.3 is 10.1 Å². The van der Waals surface area contributed by atoms with Crippen LogP contribution in [-0.2, 0) is 4.74 Å². The molecule has 0 amide bonds. The Morgan fingerprint density at radius 2 is 2.54 bits per heavy atom. The number of azide groups is 1. The molecule has 0 aromatic carbocycles. The summed E-state index contributed by atoms with van der Waals surface area (Å²) in [6.07, 6.45) is 0.890. The zero-order chi connectivity index (χ0) is 9.36. The lowest BCUT2D eigenvalue weighted by Crippen LogP contribution is -2.38. The second-order valence-electron chi connectivity index (χ2n) is 2.64. The first-order valence-electron chi connectivity index (χ1n) is 4.22. The number of ether oxygens (including phenoxy) is 1. The molecule has 0 spiro atoms. The van der Waals surface area contributed by atoms with Crippen molar-refractivity contribution in [2.45, 2.75) is 12.5 Å². The molecule has 0 bridgehead atoms. The highest BCUT2D eigenvalue weighted by Crippen LogP contribution is 1.99. The van der Waals surface area contributed by atoms with Crippen molar-refractivity contribution < 1.29 is 4.74 Å². The molecule has 1 atom stereocenters. The third-order valence-corrected chi connectivity index (χ3v) is 1.67. The van der Waals surface area contributed by atoms with Crippen LogP contribution in [0.25, 0.3) is 10.4 Å². The van der Waals surface area contributed by atoms with Crippen LogP contribution in [0.1, 0.15) is 6.42 Å². The predicted octanol–water partition coefficient (Wildman–Crippen LogP) is 0.679. The van der Waals surface area contributed by atoms with Crippen molar-refractivity contribution >= 4 is 0 Å². The average molecular weight is 180 g/mol. The van der Waals surface area contributed by atoms with Crippen molar-refractivity contribution in [2.75, 3.05) is 26.2 Å². The maximum atomic E-state index is 7.97. The third-order valence-electron chi connectivity index (χ3n) is 1.67. The molecule has 5 heteroatoms. The van der Waals surface area contributed by atoms with Crippen molar-refractivity contribution in [1.29, 1.82) is 0 Å². The lowest BCUT2D eigenvalue weighted by Gasteiger charge is -2.21. The Morgan fingerprint density at radius 3 is 3.23 bits per heavy atom. The second kappa shape index (κ2) is 6.32. The number of rotatable bonds is 2. The van der Waals surface area contributed by atoms with Crippen LogP contribution in [0.3, 0.4) is 0 Å². The van der Waals surface area contributed by atoms with Gasteiger partial charge in [-0.05, 0) is 5.53 Å². The first kappa shape index (κ1) is 9.87. The molecule has 70 valence electrons. The van der Waals surface area contributed by atoms with E-state index in [2.05, 4.69) is 27.2 Å². The van der Waals surface area contributed by atoms with Gasteiger partial charge in [-0.15, -0.1) is 5.92 Å². The highest BCUT2D eigenvalue weighted by molar-refractivity contribution is 5.02. The van der Waals surface area contributed by atoms with Gasteiger partial charge in [-0.25, -0.2) is 0 Å². The molecular weight excluding hydrogens is 168 g/mol. The third kappa shape index (κ3) is 4.38. The Morgan fingerprint density at radius 1 is 1.62 bits per heavy atom. The normalized spacial score (nSPS) is 21.1. The maximum absolute atomic E-state index is 7.97. The molecule has 1 N–H and O–H groups in total. The smallest absolute Gasteiger partial charge is 0.0876 e. The summed E-state index contributed by atoms with van der Waals surface area (Å²) in [6.45, 7) is 2.78. The molecule has 0 aromatic rings. The lowest BCUT2D eigenvalue weighted by atomic mass is 10.2. The number of nitrogens with zero attached hydrogens (tertiary/aromatic N) is 3. The molecule has 1 saturated heterocycles. The van der Waals surface area contributed by atoms with E-state index in [-0.39, 0.29) is 12.6 Å². The molecule has 0 saturated carbocycles.